The highest BCUT2D eigenvalue weighted by molar-refractivity contribution is 6.35. The van der Waals surface area contributed by atoms with Crippen LogP contribution in [0.1, 0.15) is 32.7 Å². The van der Waals surface area contributed by atoms with Gasteiger partial charge in [0.15, 0.2) is 5.75 Å². The number of halogens is 3. The van der Waals surface area contributed by atoms with Crippen molar-refractivity contribution in [1.82, 2.24) is 24.3 Å². The van der Waals surface area contributed by atoms with Gasteiger partial charge in [0.1, 0.15) is 24.1 Å². The van der Waals surface area contributed by atoms with Gasteiger partial charge in [-0.15, -0.1) is 0 Å². The zero-order valence-electron chi connectivity index (χ0n) is 27.1. The van der Waals surface area contributed by atoms with Crippen molar-refractivity contribution in [3.63, 3.8) is 0 Å². The third kappa shape index (κ3) is 5.10. The molecule has 0 unspecified atom stereocenters. The number of fused-ring (bicyclic) bond motifs is 2. The lowest BCUT2D eigenvalue weighted by Crippen LogP contribution is -2.62. The number of carbonyl (C=O) groups excluding carboxylic acids is 1. The van der Waals surface area contributed by atoms with E-state index in [4.69, 9.17) is 21.1 Å². The normalized spacial score (nSPS) is 27.6. The Bertz CT molecular complexity index is 1850. The predicted octanol–water partition coefficient (Wildman–Crippen LogP) is 4.09. The summed E-state index contributed by atoms with van der Waals surface area (Å²) in [6, 6.07) is 5.74. The van der Waals surface area contributed by atoms with Gasteiger partial charge >= 0.3 is 5.69 Å². The standard InChI is InChI=1S/C35H39ClF2N6O4/c1-4-30(45)41-11-20(3)42(12-19(41)2)34-27-10-28(36)31(26-8-5-21(37)9-29(26)38)33-32(27)44(35(46)39-34)24(18-48-33)15-40-13-22-6-7-23(14-40)43(22)25-16-47-17-25/h4-5,8-10,19-20,22-25H,1,6-7,11-18H2,2-3H3/t19-,20+,22-,23+,24-/m1/s1. The molecule has 1 amide bonds. The summed E-state index contributed by atoms with van der Waals surface area (Å²) in [5.74, 6) is -0.931. The molecule has 3 aromatic rings. The second-order valence-electron chi connectivity index (χ2n) is 13.9. The van der Waals surface area contributed by atoms with Crippen LogP contribution in [-0.4, -0.2) is 113 Å². The van der Waals surface area contributed by atoms with E-state index in [2.05, 4.69) is 21.4 Å². The summed E-state index contributed by atoms with van der Waals surface area (Å²) in [5.41, 5.74) is 0.405. The van der Waals surface area contributed by atoms with E-state index in [0.717, 1.165) is 45.2 Å². The Hall–Kier alpha value is -3.58. The van der Waals surface area contributed by atoms with E-state index in [0.29, 0.717) is 54.5 Å². The number of benzene rings is 2. The minimum atomic E-state index is -0.780. The second kappa shape index (κ2) is 12.1. The number of hydrogen-bond donors (Lipinski definition) is 0. The molecular formula is C35H39ClF2N6O4. The number of ether oxygens (including phenoxy) is 2. The van der Waals surface area contributed by atoms with Crippen LogP contribution in [0.4, 0.5) is 14.6 Å². The number of carbonyl (C=O) groups is 1. The molecule has 0 saturated carbocycles. The molecule has 5 aliphatic heterocycles. The van der Waals surface area contributed by atoms with Crippen molar-refractivity contribution in [1.29, 1.82) is 0 Å². The van der Waals surface area contributed by atoms with E-state index in [1.54, 1.807) is 15.5 Å². The van der Waals surface area contributed by atoms with Crippen molar-refractivity contribution in [2.75, 3.05) is 57.4 Å². The summed E-state index contributed by atoms with van der Waals surface area (Å²) in [4.78, 5) is 40.4. The summed E-state index contributed by atoms with van der Waals surface area (Å²) in [6.45, 7) is 12.6. The maximum absolute atomic E-state index is 15.3. The largest absolute Gasteiger partial charge is 0.488 e. The number of aromatic nitrogens is 2. The Morgan fingerprint density at radius 1 is 1.04 bits per heavy atom. The molecule has 0 N–H and O–H groups in total. The molecule has 10 nitrogen and oxygen atoms in total. The number of piperazine rings is 2. The van der Waals surface area contributed by atoms with Crippen molar-refractivity contribution < 1.29 is 23.0 Å². The molecule has 8 rings (SSSR count). The first-order valence-electron chi connectivity index (χ1n) is 16.8. The highest BCUT2D eigenvalue weighted by Crippen LogP contribution is 2.47. The number of likely N-dealkylation sites (tertiary alicyclic amines) is 1. The monoisotopic (exact) mass is 680 g/mol. The molecule has 5 atom stereocenters. The Balaban J connectivity index is 1.22. The summed E-state index contributed by atoms with van der Waals surface area (Å²) in [5, 5.41) is 0.798. The van der Waals surface area contributed by atoms with Crippen molar-refractivity contribution >= 4 is 34.2 Å². The van der Waals surface area contributed by atoms with Crippen LogP contribution in [0.25, 0.3) is 22.0 Å². The Morgan fingerprint density at radius 2 is 1.79 bits per heavy atom. The number of nitrogens with zero attached hydrogens (tertiary/aromatic N) is 6. The molecule has 4 fully saturated rings. The van der Waals surface area contributed by atoms with E-state index in [9.17, 15) is 14.0 Å². The first-order chi connectivity index (χ1) is 23.1. The minimum absolute atomic E-state index is 0.0836. The predicted molar refractivity (Wildman–Crippen MR) is 179 cm³/mol. The van der Waals surface area contributed by atoms with Gasteiger partial charge < -0.3 is 19.3 Å². The van der Waals surface area contributed by atoms with Crippen LogP contribution in [0.5, 0.6) is 5.75 Å². The maximum atomic E-state index is 15.3. The highest BCUT2D eigenvalue weighted by atomic mass is 35.5. The summed E-state index contributed by atoms with van der Waals surface area (Å²) < 4.78 is 43.0. The van der Waals surface area contributed by atoms with Crippen LogP contribution in [-0.2, 0) is 9.53 Å². The van der Waals surface area contributed by atoms with Gasteiger partial charge in [-0.2, -0.15) is 4.98 Å². The molecule has 254 valence electrons. The lowest BCUT2D eigenvalue weighted by Gasteiger charge is -2.48. The van der Waals surface area contributed by atoms with Gasteiger partial charge in [-0.05, 0) is 51.0 Å². The lowest BCUT2D eigenvalue weighted by molar-refractivity contribution is -0.128. The molecular weight excluding hydrogens is 642 g/mol. The summed E-state index contributed by atoms with van der Waals surface area (Å²) in [7, 11) is 0. The molecule has 4 saturated heterocycles. The van der Waals surface area contributed by atoms with Crippen LogP contribution in [0.2, 0.25) is 5.02 Å². The third-order valence-electron chi connectivity index (χ3n) is 10.9. The van der Waals surface area contributed by atoms with Crippen LogP contribution < -0.4 is 15.3 Å². The van der Waals surface area contributed by atoms with Gasteiger partial charge in [-0.25, -0.2) is 13.6 Å². The zero-order valence-corrected chi connectivity index (χ0v) is 27.8. The minimum Gasteiger partial charge on any atom is -0.488 e. The smallest absolute Gasteiger partial charge is 0.350 e. The Labute approximate surface area is 282 Å². The molecule has 1 aromatic heterocycles. The fraction of sp³-hybridized carbons (Fsp3) is 0.514. The highest BCUT2D eigenvalue weighted by Gasteiger charge is 2.46. The van der Waals surface area contributed by atoms with Crippen LogP contribution >= 0.6 is 11.6 Å². The van der Waals surface area contributed by atoms with Crippen molar-refractivity contribution in [2.24, 2.45) is 0 Å². The molecule has 48 heavy (non-hydrogen) atoms. The second-order valence-corrected chi connectivity index (χ2v) is 14.3. The average molecular weight is 681 g/mol. The van der Waals surface area contributed by atoms with Crippen molar-refractivity contribution in [3.8, 4) is 16.9 Å². The van der Waals surface area contributed by atoms with Gasteiger partial charge in [-0.3, -0.25) is 19.2 Å². The SMILES string of the molecule is C=CC(=O)N1C[C@H](C)N(c2nc(=O)n3c4c(c(-c5ccc(F)cc5F)c(Cl)cc24)OC[C@H]3CN2C[C@H]3CC[C@@H](C2)N3C2COC2)C[C@H]1C. The first-order valence-corrected chi connectivity index (χ1v) is 17.1. The van der Waals surface area contributed by atoms with E-state index in [1.807, 2.05) is 18.7 Å². The number of rotatable bonds is 6. The van der Waals surface area contributed by atoms with Crippen molar-refractivity contribution in [2.45, 2.75) is 62.9 Å². The van der Waals surface area contributed by atoms with Crippen LogP contribution in [0, 0.1) is 11.6 Å². The number of anilines is 1. The van der Waals surface area contributed by atoms with E-state index in [-0.39, 0.29) is 52.5 Å². The van der Waals surface area contributed by atoms with E-state index in [1.165, 1.54) is 18.2 Å². The molecule has 0 radical (unpaired) electrons. The van der Waals surface area contributed by atoms with Crippen LogP contribution in [0.3, 0.4) is 0 Å². The molecule has 5 aliphatic rings. The van der Waals surface area contributed by atoms with Gasteiger partial charge in [-0.1, -0.05) is 18.2 Å². The van der Waals surface area contributed by atoms with Crippen molar-refractivity contribution in [3.05, 3.63) is 64.1 Å². The lowest BCUT2D eigenvalue weighted by atomic mass is 9.99. The molecule has 2 bridgehead atoms. The van der Waals surface area contributed by atoms with E-state index >= 15 is 4.39 Å². The Kier molecular flexibility index (Phi) is 7.97. The zero-order chi connectivity index (χ0) is 33.4. The van der Waals surface area contributed by atoms with Gasteiger partial charge in [0.05, 0.1) is 35.8 Å². The van der Waals surface area contributed by atoms with Gasteiger partial charge in [0, 0.05) is 79.5 Å². The molecule has 0 spiro atoms. The number of amides is 1. The third-order valence-corrected chi connectivity index (χ3v) is 11.2. The molecule has 13 heteroatoms. The number of hydrogen-bond acceptors (Lipinski definition) is 8. The molecule has 0 aliphatic carbocycles. The molecule has 6 heterocycles. The van der Waals surface area contributed by atoms with Gasteiger partial charge in [0.25, 0.3) is 0 Å². The summed E-state index contributed by atoms with van der Waals surface area (Å²) in [6.07, 6.45) is 3.61. The quantitative estimate of drug-likeness (QED) is 0.361. The fourth-order valence-electron chi connectivity index (χ4n) is 8.66. The van der Waals surface area contributed by atoms with Gasteiger partial charge in [0.2, 0.25) is 5.91 Å². The first kappa shape index (κ1) is 31.7. The summed E-state index contributed by atoms with van der Waals surface area (Å²) >= 11 is 6.94. The molecule has 2 aromatic carbocycles. The van der Waals surface area contributed by atoms with E-state index < -0.39 is 17.3 Å². The van der Waals surface area contributed by atoms with Crippen LogP contribution in [0.15, 0.2) is 41.7 Å². The Morgan fingerprint density at radius 3 is 2.46 bits per heavy atom. The topological polar surface area (TPSA) is 83.4 Å². The average Bonchev–Trinajstić information content (AvgIpc) is 3.27. The fourth-order valence-corrected chi connectivity index (χ4v) is 8.96. The maximum Gasteiger partial charge on any atom is 0.350 e.